The van der Waals surface area contributed by atoms with Gasteiger partial charge in [-0.05, 0) is 55.7 Å². The van der Waals surface area contributed by atoms with Crippen molar-refractivity contribution in [2.75, 3.05) is 36.4 Å². The fourth-order valence-electron chi connectivity index (χ4n) is 4.21. The molecule has 2 fully saturated rings. The van der Waals surface area contributed by atoms with Crippen LogP contribution in [0, 0.1) is 0 Å². The lowest BCUT2D eigenvalue weighted by Crippen LogP contribution is -2.49. The van der Waals surface area contributed by atoms with Gasteiger partial charge in [0, 0.05) is 49.0 Å². The second-order valence-electron chi connectivity index (χ2n) is 8.50. The van der Waals surface area contributed by atoms with Crippen molar-refractivity contribution >= 4 is 35.1 Å². The fourth-order valence-corrected chi connectivity index (χ4v) is 4.21. The summed E-state index contributed by atoms with van der Waals surface area (Å²) in [6.07, 6.45) is 2.70. The van der Waals surface area contributed by atoms with E-state index in [2.05, 4.69) is 16.0 Å². The van der Waals surface area contributed by atoms with Crippen LogP contribution in [0.3, 0.4) is 0 Å². The van der Waals surface area contributed by atoms with Crippen molar-refractivity contribution in [3.05, 3.63) is 60.2 Å². The fraction of sp³-hybridized carbons (Fsp3) is 0.360. The molecule has 5 amide bonds. The van der Waals surface area contributed by atoms with Crippen LogP contribution in [0.4, 0.5) is 16.2 Å². The Morgan fingerprint density at radius 1 is 0.912 bits per heavy atom. The first-order valence-corrected chi connectivity index (χ1v) is 11.6. The van der Waals surface area contributed by atoms with Gasteiger partial charge >= 0.3 is 6.03 Å². The monoisotopic (exact) mass is 463 g/mol. The van der Waals surface area contributed by atoms with Crippen LogP contribution in [0.25, 0.3) is 0 Å². The third kappa shape index (κ3) is 5.92. The highest BCUT2D eigenvalue weighted by atomic mass is 16.2. The van der Waals surface area contributed by atoms with Gasteiger partial charge in [0.2, 0.25) is 11.8 Å². The minimum atomic E-state index is -0.346. The van der Waals surface area contributed by atoms with Crippen LogP contribution >= 0.6 is 0 Å². The summed E-state index contributed by atoms with van der Waals surface area (Å²) in [6, 6.07) is 15.9. The van der Waals surface area contributed by atoms with Crippen molar-refractivity contribution in [2.24, 2.45) is 0 Å². The van der Waals surface area contributed by atoms with Gasteiger partial charge < -0.3 is 25.8 Å². The summed E-state index contributed by atoms with van der Waals surface area (Å²) in [5.74, 6) is -0.516. The SMILES string of the molecule is O=C(CNC(=O)c1ccc(N2CCCC2=O)cc1)NC1CCN(C(=O)Nc2ccccc2)CC1. The molecule has 2 aliphatic rings. The maximum Gasteiger partial charge on any atom is 0.321 e. The van der Waals surface area contributed by atoms with Crippen LogP contribution in [0.2, 0.25) is 0 Å². The van der Waals surface area contributed by atoms with Crippen LogP contribution < -0.4 is 20.9 Å². The molecular formula is C25H29N5O4. The molecule has 2 aromatic carbocycles. The third-order valence-corrected chi connectivity index (χ3v) is 6.10. The molecule has 2 aliphatic heterocycles. The topological polar surface area (TPSA) is 111 Å². The number of piperidine rings is 1. The van der Waals surface area contributed by atoms with Gasteiger partial charge in [-0.1, -0.05) is 18.2 Å². The predicted molar refractivity (Wildman–Crippen MR) is 129 cm³/mol. The number of urea groups is 1. The Bertz CT molecular complexity index is 1030. The zero-order chi connectivity index (χ0) is 23.9. The van der Waals surface area contributed by atoms with Crippen LogP contribution in [0.1, 0.15) is 36.0 Å². The molecule has 0 bridgehead atoms. The molecule has 178 valence electrons. The lowest BCUT2D eigenvalue weighted by Gasteiger charge is -2.32. The second kappa shape index (κ2) is 10.8. The van der Waals surface area contributed by atoms with E-state index in [1.807, 2.05) is 30.3 Å². The van der Waals surface area contributed by atoms with Crippen LogP contribution in [-0.4, -0.2) is 60.9 Å². The van der Waals surface area contributed by atoms with Gasteiger partial charge in [-0.15, -0.1) is 0 Å². The highest BCUT2D eigenvalue weighted by molar-refractivity contribution is 5.98. The Balaban J connectivity index is 1.17. The Labute approximate surface area is 198 Å². The van der Waals surface area contributed by atoms with E-state index < -0.39 is 0 Å². The molecule has 9 nitrogen and oxygen atoms in total. The van der Waals surface area contributed by atoms with Crippen LogP contribution in [0.15, 0.2) is 54.6 Å². The Hall–Kier alpha value is -3.88. The first-order valence-electron chi connectivity index (χ1n) is 11.6. The minimum absolute atomic E-state index is 0.0394. The first kappa shape index (κ1) is 23.3. The van der Waals surface area contributed by atoms with Crippen molar-refractivity contribution in [1.29, 1.82) is 0 Å². The number of nitrogens with one attached hydrogen (secondary N) is 3. The maximum atomic E-state index is 12.4. The van der Waals surface area contributed by atoms with Gasteiger partial charge in [0.15, 0.2) is 0 Å². The van der Waals surface area contributed by atoms with Gasteiger partial charge in [0.05, 0.1) is 6.54 Å². The summed E-state index contributed by atoms with van der Waals surface area (Å²) in [5.41, 5.74) is 1.96. The van der Waals surface area contributed by atoms with Gasteiger partial charge in [-0.2, -0.15) is 0 Å². The average Bonchev–Trinajstić information content (AvgIpc) is 3.29. The predicted octanol–water partition coefficient (Wildman–Crippen LogP) is 2.36. The van der Waals surface area contributed by atoms with Crippen molar-refractivity contribution in [2.45, 2.75) is 31.7 Å². The molecule has 2 heterocycles. The summed E-state index contributed by atoms with van der Waals surface area (Å²) < 4.78 is 0. The zero-order valence-electron chi connectivity index (χ0n) is 19.0. The Morgan fingerprint density at radius 2 is 1.62 bits per heavy atom. The highest BCUT2D eigenvalue weighted by Crippen LogP contribution is 2.21. The molecule has 2 aromatic rings. The molecule has 4 rings (SSSR count). The third-order valence-electron chi connectivity index (χ3n) is 6.10. The summed E-state index contributed by atoms with van der Waals surface area (Å²) in [7, 11) is 0. The lowest BCUT2D eigenvalue weighted by molar-refractivity contribution is -0.121. The van der Waals surface area contributed by atoms with E-state index in [9.17, 15) is 19.2 Å². The number of carbonyl (C=O) groups is 4. The number of hydrogen-bond acceptors (Lipinski definition) is 4. The number of likely N-dealkylation sites (tertiary alicyclic amines) is 1. The Morgan fingerprint density at radius 3 is 2.26 bits per heavy atom. The molecule has 0 aliphatic carbocycles. The molecule has 0 unspecified atom stereocenters. The average molecular weight is 464 g/mol. The minimum Gasteiger partial charge on any atom is -0.352 e. The molecule has 34 heavy (non-hydrogen) atoms. The normalized spacial score (nSPS) is 16.3. The highest BCUT2D eigenvalue weighted by Gasteiger charge is 2.24. The summed E-state index contributed by atoms with van der Waals surface area (Å²) in [4.78, 5) is 52.4. The number of amides is 5. The van der Waals surface area contributed by atoms with E-state index in [0.29, 0.717) is 44.5 Å². The van der Waals surface area contributed by atoms with Gasteiger partial charge in [0.1, 0.15) is 0 Å². The number of nitrogens with zero attached hydrogens (tertiary/aromatic N) is 2. The van der Waals surface area contributed by atoms with E-state index >= 15 is 0 Å². The smallest absolute Gasteiger partial charge is 0.321 e. The molecule has 3 N–H and O–H groups in total. The molecule has 0 radical (unpaired) electrons. The number of anilines is 2. The van der Waals surface area contributed by atoms with Gasteiger partial charge in [0.25, 0.3) is 5.91 Å². The van der Waals surface area contributed by atoms with Gasteiger partial charge in [-0.3, -0.25) is 14.4 Å². The van der Waals surface area contributed by atoms with E-state index in [0.717, 1.165) is 17.8 Å². The lowest BCUT2D eigenvalue weighted by atomic mass is 10.1. The summed E-state index contributed by atoms with van der Waals surface area (Å²) in [6.45, 7) is 1.66. The first-order chi connectivity index (χ1) is 16.5. The summed E-state index contributed by atoms with van der Waals surface area (Å²) in [5, 5.41) is 8.43. The quantitative estimate of drug-likeness (QED) is 0.611. The molecular weight excluding hydrogens is 434 g/mol. The van der Waals surface area contributed by atoms with E-state index in [4.69, 9.17) is 0 Å². The van der Waals surface area contributed by atoms with Crippen molar-refractivity contribution in [3.63, 3.8) is 0 Å². The molecule has 9 heteroatoms. The van der Waals surface area contributed by atoms with Crippen molar-refractivity contribution < 1.29 is 19.2 Å². The number of para-hydroxylation sites is 1. The van der Waals surface area contributed by atoms with Crippen LogP contribution in [-0.2, 0) is 9.59 Å². The molecule has 2 saturated heterocycles. The van der Waals surface area contributed by atoms with Crippen molar-refractivity contribution in [1.82, 2.24) is 15.5 Å². The van der Waals surface area contributed by atoms with Crippen molar-refractivity contribution in [3.8, 4) is 0 Å². The molecule has 0 saturated carbocycles. The van der Waals surface area contributed by atoms with Crippen LogP contribution in [0.5, 0.6) is 0 Å². The number of hydrogen-bond donors (Lipinski definition) is 3. The van der Waals surface area contributed by atoms with E-state index in [-0.39, 0.29) is 36.3 Å². The maximum absolute atomic E-state index is 12.4. The number of benzene rings is 2. The second-order valence-corrected chi connectivity index (χ2v) is 8.50. The molecule has 0 aromatic heterocycles. The molecule has 0 atom stereocenters. The number of carbonyl (C=O) groups excluding carboxylic acids is 4. The standard InChI is InChI=1S/C25H29N5O4/c31-22(17-26-24(33)18-8-10-21(11-9-18)30-14-4-7-23(30)32)27-20-12-15-29(16-13-20)25(34)28-19-5-2-1-3-6-19/h1-3,5-6,8-11,20H,4,7,12-17H2,(H,26,33)(H,27,31)(H,28,34). The Kier molecular flexibility index (Phi) is 7.41. The zero-order valence-corrected chi connectivity index (χ0v) is 19.0. The van der Waals surface area contributed by atoms with Gasteiger partial charge in [-0.25, -0.2) is 4.79 Å². The molecule has 0 spiro atoms. The number of rotatable bonds is 6. The summed E-state index contributed by atoms with van der Waals surface area (Å²) >= 11 is 0. The van der Waals surface area contributed by atoms with E-state index in [1.54, 1.807) is 34.1 Å². The largest absolute Gasteiger partial charge is 0.352 e. The van der Waals surface area contributed by atoms with E-state index in [1.165, 1.54) is 0 Å².